The summed E-state index contributed by atoms with van der Waals surface area (Å²) in [7, 11) is 3.74. The van der Waals surface area contributed by atoms with Crippen molar-refractivity contribution in [2.75, 3.05) is 32.2 Å². The minimum Gasteiger partial charge on any atom is -0.497 e. The van der Waals surface area contributed by atoms with Crippen molar-refractivity contribution < 1.29 is 9.84 Å². The van der Waals surface area contributed by atoms with Crippen LogP contribution in [0.3, 0.4) is 0 Å². The van der Waals surface area contributed by atoms with Crippen LogP contribution in [-0.2, 0) is 0 Å². The van der Waals surface area contributed by atoms with Gasteiger partial charge in [0.2, 0.25) is 0 Å². The van der Waals surface area contributed by atoms with Gasteiger partial charge in [-0.05, 0) is 25.0 Å². The van der Waals surface area contributed by atoms with E-state index in [0.29, 0.717) is 6.61 Å². The molecule has 0 amide bonds. The zero-order valence-electron chi connectivity index (χ0n) is 9.94. The Bertz CT molecular complexity index is 361. The molecule has 0 bridgehead atoms. The Kier molecular flexibility index (Phi) is 3.06. The number of rotatable bonds is 5. The molecule has 0 aromatic heterocycles. The van der Waals surface area contributed by atoms with E-state index in [2.05, 4.69) is 18.0 Å². The van der Waals surface area contributed by atoms with E-state index in [1.54, 1.807) is 7.11 Å². The third-order valence-electron chi connectivity index (χ3n) is 3.36. The number of aliphatic hydroxyl groups is 1. The maximum Gasteiger partial charge on any atom is 0.120 e. The summed E-state index contributed by atoms with van der Waals surface area (Å²) in [5.74, 6) is 0.873. The molecule has 0 heterocycles. The summed E-state index contributed by atoms with van der Waals surface area (Å²) in [6.07, 6.45) is 2.27. The van der Waals surface area contributed by atoms with Crippen LogP contribution >= 0.6 is 0 Å². The van der Waals surface area contributed by atoms with Crippen molar-refractivity contribution >= 4 is 5.69 Å². The minimum absolute atomic E-state index is 0.151. The van der Waals surface area contributed by atoms with Crippen molar-refractivity contribution in [3.8, 4) is 5.75 Å². The zero-order valence-corrected chi connectivity index (χ0v) is 9.94. The van der Waals surface area contributed by atoms with Crippen molar-refractivity contribution in [2.24, 2.45) is 5.41 Å². The summed E-state index contributed by atoms with van der Waals surface area (Å²) in [5.41, 5.74) is 1.29. The summed E-state index contributed by atoms with van der Waals surface area (Å²) in [6.45, 7) is 1.21. The molecule has 1 aromatic carbocycles. The monoisotopic (exact) mass is 221 g/mol. The van der Waals surface area contributed by atoms with Crippen molar-refractivity contribution in [1.82, 2.24) is 0 Å². The molecule has 1 aromatic rings. The molecule has 0 aliphatic heterocycles. The largest absolute Gasteiger partial charge is 0.497 e. The number of hydrogen-bond donors (Lipinski definition) is 1. The fourth-order valence-corrected chi connectivity index (χ4v) is 1.99. The Hall–Kier alpha value is -1.22. The molecule has 1 N–H and O–H groups in total. The van der Waals surface area contributed by atoms with Gasteiger partial charge in [-0.1, -0.05) is 6.07 Å². The van der Waals surface area contributed by atoms with E-state index in [1.807, 2.05) is 18.2 Å². The molecule has 1 fully saturated rings. The maximum absolute atomic E-state index is 9.30. The first-order valence-corrected chi connectivity index (χ1v) is 5.65. The number of methoxy groups -OCH3 is 1. The summed E-state index contributed by atoms with van der Waals surface area (Å²) >= 11 is 0. The second-order valence-corrected chi connectivity index (χ2v) is 4.72. The number of benzene rings is 1. The van der Waals surface area contributed by atoms with Gasteiger partial charge >= 0.3 is 0 Å². The van der Waals surface area contributed by atoms with Crippen LogP contribution in [0.25, 0.3) is 0 Å². The number of hydrogen-bond acceptors (Lipinski definition) is 3. The summed E-state index contributed by atoms with van der Waals surface area (Å²) in [4.78, 5) is 2.19. The Morgan fingerprint density at radius 2 is 2.19 bits per heavy atom. The summed E-state index contributed by atoms with van der Waals surface area (Å²) in [5, 5.41) is 9.30. The van der Waals surface area contributed by atoms with Gasteiger partial charge in [-0.25, -0.2) is 0 Å². The molecule has 2 rings (SSSR count). The normalized spacial score (nSPS) is 16.9. The Balaban J connectivity index is 2.05. The molecule has 0 radical (unpaired) electrons. The lowest BCUT2D eigenvalue weighted by Gasteiger charge is -2.24. The van der Waals surface area contributed by atoms with E-state index in [0.717, 1.165) is 30.8 Å². The fraction of sp³-hybridized carbons (Fsp3) is 0.538. The molecule has 0 atom stereocenters. The molecular weight excluding hydrogens is 202 g/mol. The predicted molar refractivity (Wildman–Crippen MR) is 65.0 cm³/mol. The average molecular weight is 221 g/mol. The first-order valence-electron chi connectivity index (χ1n) is 5.65. The molecule has 16 heavy (non-hydrogen) atoms. The SMILES string of the molecule is COc1cccc(N(C)CC2(CO)CC2)c1. The molecule has 88 valence electrons. The van der Waals surface area contributed by atoms with Crippen LogP contribution in [0.15, 0.2) is 24.3 Å². The van der Waals surface area contributed by atoms with Gasteiger partial charge in [-0.3, -0.25) is 0 Å². The molecule has 0 unspecified atom stereocenters. The van der Waals surface area contributed by atoms with E-state index in [-0.39, 0.29) is 5.41 Å². The van der Waals surface area contributed by atoms with Gasteiger partial charge < -0.3 is 14.7 Å². The van der Waals surface area contributed by atoms with Crippen molar-refractivity contribution in [3.05, 3.63) is 24.3 Å². The standard InChI is InChI=1S/C13H19NO2/c1-14(9-13(10-15)6-7-13)11-4-3-5-12(8-11)16-2/h3-5,8,15H,6-7,9-10H2,1-2H3. The quantitative estimate of drug-likeness (QED) is 0.824. The third-order valence-corrected chi connectivity index (χ3v) is 3.36. The van der Waals surface area contributed by atoms with Gasteiger partial charge in [0.1, 0.15) is 5.75 Å². The first kappa shape index (κ1) is 11.3. The highest BCUT2D eigenvalue weighted by atomic mass is 16.5. The van der Waals surface area contributed by atoms with Crippen molar-refractivity contribution in [3.63, 3.8) is 0 Å². The smallest absolute Gasteiger partial charge is 0.120 e. The van der Waals surface area contributed by atoms with Crippen LogP contribution < -0.4 is 9.64 Å². The van der Waals surface area contributed by atoms with Gasteiger partial charge in [0, 0.05) is 30.8 Å². The van der Waals surface area contributed by atoms with Crippen molar-refractivity contribution in [1.29, 1.82) is 0 Å². The van der Waals surface area contributed by atoms with E-state index in [1.165, 1.54) is 0 Å². The van der Waals surface area contributed by atoms with Crippen LogP contribution in [0.4, 0.5) is 5.69 Å². The van der Waals surface area contributed by atoms with Gasteiger partial charge in [-0.15, -0.1) is 0 Å². The first-order chi connectivity index (χ1) is 7.69. The predicted octanol–water partition coefficient (Wildman–Crippen LogP) is 1.90. The average Bonchev–Trinajstić information content (AvgIpc) is 3.09. The highest BCUT2D eigenvalue weighted by molar-refractivity contribution is 5.50. The number of nitrogens with zero attached hydrogens (tertiary/aromatic N) is 1. The fourth-order valence-electron chi connectivity index (χ4n) is 1.99. The van der Waals surface area contributed by atoms with E-state index in [4.69, 9.17) is 4.74 Å². The second kappa shape index (κ2) is 4.34. The lowest BCUT2D eigenvalue weighted by molar-refractivity contribution is 0.215. The van der Waals surface area contributed by atoms with Gasteiger partial charge in [0.15, 0.2) is 0 Å². The lowest BCUT2D eigenvalue weighted by Crippen LogP contribution is -2.28. The Morgan fingerprint density at radius 3 is 2.75 bits per heavy atom. The Morgan fingerprint density at radius 1 is 1.44 bits per heavy atom. The molecule has 3 heteroatoms. The maximum atomic E-state index is 9.30. The Labute approximate surface area is 96.6 Å². The van der Waals surface area contributed by atoms with E-state index < -0.39 is 0 Å². The zero-order chi connectivity index (χ0) is 11.6. The number of ether oxygens (including phenoxy) is 1. The molecule has 1 aliphatic carbocycles. The number of anilines is 1. The lowest BCUT2D eigenvalue weighted by atomic mass is 10.1. The molecular formula is C13H19NO2. The minimum atomic E-state index is 0.151. The van der Waals surface area contributed by atoms with Gasteiger partial charge in [-0.2, -0.15) is 0 Å². The summed E-state index contributed by atoms with van der Waals surface area (Å²) < 4.78 is 5.20. The highest BCUT2D eigenvalue weighted by Gasteiger charge is 2.42. The topological polar surface area (TPSA) is 32.7 Å². The molecule has 0 saturated heterocycles. The van der Waals surface area contributed by atoms with E-state index in [9.17, 15) is 5.11 Å². The van der Waals surface area contributed by atoms with Gasteiger partial charge in [0.05, 0.1) is 13.7 Å². The highest BCUT2D eigenvalue weighted by Crippen LogP contribution is 2.46. The second-order valence-electron chi connectivity index (χ2n) is 4.72. The molecule has 3 nitrogen and oxygen atoms in total. The molecule has 1 aliphatic rings. The van der Waals surface area contributed by atoms with E-state index >= 15 is 0 Å². The summed E-state index contributed by atoms with van der Waals surface area (Å²) in [6, 6.07) is 8.02. The number of aliphatic hydroxyl groups excluding tert-OH is 1. The van der Waals surface area contributed by atoms with Gasteiger partial charge in [0.25, 0.3) is 0 Å². The third kappa shape index (κ3) is 2.30. The van der Waals surface area contributed by atoms with Crippen LogP contribution in [0, 0.1) is 5.41 Å². The van der Waals surface area contributed by atoms with Crippen LogP contribution in [0.1, 0.15) is 12.8 Å². The van der Waals surface area contributed by atoms with Crippen LogP contribution in [-0.4, -0.2) is 32.4 Å². The van der Waals surface area contributed by atoms with Crippen molar-refractivity contribution in [2.45, 2.75) is 12.8 Å². The molecule has 1 saturated carbocycles. The molecule has 0 spiro atoms. The van der Waals surface area contributed by atoms with Crippen LogP contribution in [0.5, 0.6) is 5.75 Å². The van der Waals surface area contributed by atoms with Crippen LogP contribution in [0.2, 0.25) is 0 Å².